The molecule has 3 heterocycles. The van der Waals surface area contributed by atoms with Crippen molar-refractivity contribution in [1.82, 2.24) is 30.3 Å². The molecule has 3 rings (SSSR count). The highest BCUT2D eigenvalue weighted by molar-refractivity contribution is 6.30. The number of rotatable bonds is 9. The Morgan fingerprint density at radius 1 is 1.29 bits per heavy atom. The number of hydrogen-bond donors (Lipinski definition) is 3. The highest BCUT2D eigenvalue weighted by Gasteiger charge is 2.20. The molecule has 0 radical (unpaired) electrons. The summed E-state index contributed by atoms with van der Waals surface area (Å²) in [5.74, 6) is -0.0457. The number of amides is 2. The van der Waals surface area contributed by atoms with Crippen LogP contribution in [0.25, 0.3) is 11.4 Å². The predicted octanol–water partition coefficient (Wildman–Crippen LogP) is 2.90. The van der Waals surface area contributed by atoms with Gasteiger partial charge in [-0.25, -0.2) is 14.5 Å². The summed E-state index contributed by atoms with van der Waals surface area (Å²) in [7, 11) is 1.61. The van der Waals surface area contributed by atoms with E-state index < -0.39 is 12.2 Å². The molecule has 0 saturated heterocycles. The van der Waals surface area contributed by atoms with Crippen molar-refractivity contribution in [1.29, 1.82) is 0 Å². The zero-order valence-electron chi connectivity index (χ0n) is 18.7. The summed E-state index contributed by atoms with van der Waals surface area (Å²) >= 11 is 6.06. The Labute approximate surface area is 200 Å². The van der Waals surface area contributed by atoms with Gasteiger partial charge >= 0.3 is 6.09 Å². The molecule has 178 valence electrons. The number of hydrogen-bond acceptors (Lipinski definition) is 8. The fourth-order valence-corrected chi connectivity index (χ4v) is 3.20. The first-order chi connectivity index (χ1) is 16.3. The quantitative estimate of drug-likeness (QED) is 0.310. The standard InChI is InChI=1S/C22H24ClN7O4/c1-13(12-31)8-10-25-21(32)15-6-7-17(26-11-15)18-20(30(3)29-28-18)27-22(33)34-14(2)16-5-4-9-24-19(16)23/h4-7,9,11,14,31H,1,8,10,12H2,2-3H3,(H,25,32)(H,27,33)/t14-/m1/s1. The molecule has 0 unspecified atom stereocenters. The van der Waals surface area contributed by atoms with Crippen LogP contribution in [0, 0.1) is 0 Å². The van der Waals surface area contributed by atoms with Crippen LogP contribution in [0.3, 0.4) is 0 Å². The van der Waals surface area contributed by atoms with Crippen LogP contribution >= 0.6 is 11.6 Å². The zero-order chi connectivity index (χ0) is 24.7. The molecular weight excluding hydrogens is 462 g/mol. The van der Waals surface area contributed by atoms with E-state index in [-0.39, 0.29) is 23.5 Å². The van der Waals surface area contributed by atoms with Gasteiger partial charge in [-0.3, -0.25) is 15.1 Å². The van der Waals surface area contributed by atoms with Gasteiger partial charge in [-0.05, 0) is 31.5 Å². The van der Waals surface area contributed by atoms with Crippen molar-refractivity contribution in [3.8, 4) is 11.4 Å². The first kappa shape index (κ1) is 24.8. The summed E-state index contributed by atoms with van der Waals surface area (Å²) in [4.78, 5) is 33.0. The van der Waals surface area contributed by atoms with E-state index in [1.807, 2.05) is 0 Å². The number of nitrogens with one attached hydrogen (secondary N) is 2. The second-order valence-electron chi connectivity index (χ2n) is 7.31. The van der Waals surface area contributed by atoms with Gasteiger partial charge in [0.05, 0.1) is 17.9 Å². The maximum absolute atomic E-state index is 12.5. The first-order valence-electron chi connectivity index (χ1n) is 10.3. The van der Waals surface area contributed by atoms with E-state index in [0.29, 0.717) is 41.1 Å². The van der Waals surface area contributed by atoms with Gasteiger partial charge in [0.2, 0.25) is 0 Å². The molecule has 0 aliphatic heterocycles. The van der Waals surface area contributed by atoms with E-state index >= 15 is 0 Å². The normalized spacial score (nSPS) is 11.5. The molecule has 3 aromatic rings. The van der Waals surface area contributed by atoms with E-state index in [0.717, 1.165) is 0 Å². The van der Waals surface area contributed by atoms with Gasteiger partial charge in [0.25, 0.3) is 5.91 Å². The number of halogens is 1. The average molecular weight is 486 g/mol. The van der Waals surface area contributed by atoms with Gasteiger partial charge in [-0.1, -0.05) is 35.0 Å². The highest BCUT2D eigenvalue weighted by atomic mass is 35.5. The van der Waals surface area contributed by atoms with Gasteiger partial charge in [0.1, 0.15) is 11.3 Å². The average Bonchev–Trinajstić information content (AvgIpc) is 3.18. The molecule has 1 atom stereocenters. The Kier molecular flexibility index (Phi) is 8.28. The van der Waals surface area contributed by atoms with Crippen LogP contribution in [0.1, 0.15) is 35.4 Å². The highest BCUT2D eigenvalue weighted by Crippen LogP contribution is 2.26. The minimum Gasteiger partial charge on any atom is -0.441 e. The third-order valence-corrected chi connectivity index (χ3v) is 5.13. The van der Waals surface area contributed by atoms with E-state index in [1.165, 1.54) is 10.9 Å². The van der Waals surface area contributed by atoms with Crippen LogP contribution in [0.4, 0.5) is 10.6 Å². The summed E-state index contributed by atoms with van der Waals surface area (Å²) in [6.07, 6.45) is 2.04. The molecule has 0 aromatic carbocycles. The monoisotopic (exact) mass is 485 g/mol. The van der Waals surface area contributed by atoms with Crippen molar-refractivity contribution in [2.45, 2.75) is 19.4 Å². The summed E-state index contributed by atoms with van der Waals surface area (Å²) in [6, 6.07) is 6.60. The number of carbonyl (C=O) groups excluding carboxylic acids is 2. The van der Waals surface area contributed by atoms with Crippen molar-refractivity contribution < 1.29 is 19.4 Å². The topological polar surface area (TPSA) is 144 Å². The van der Waals surface area contributed by atoms with E-state index in [4.69, 9.17) is 21.4 Å². The zero-order valence-corrected chi connectivity index (χ0v) is 19.4. The van der Waals surface area contributed by atoms with Gasteiger partial charge in [0.15, 0.2) is 11.5 Å². The Hall–Kier alpha value is -3.83. The molecule has 3 N–H and O–H groups in total. The van der Waals surface area contributed by atoms with Crippen molar-refractivity contribution in [3.05, 3.63) is 65.1 Å². The fraction of sp³-hybridized carbons (Fsp3) is 0.273. The van der Waals surface area contributed by atoms with Gasteiger partial charge < -0.3 is 15.2 Å². The number of aryl methyl sites for hydroxylation is 1. The number of aliphatic hydroxyl groups excluding tert-OH is 1. The fourth-order valence-electron chi connectivity index (χ4n) is 2.92. The molecule has 0 saturated carbocycles. The lowest BCUT2D eigenvalue weighted by Crippen LogP contribution is -2.25. The molecule has 0 aliphatic carbocycles. The molecular formula is C22H24ClN7O4. The summed E-state index contributed by atoms with van der Waals surface area (Å²) in [5, 5.41) is 22.6. The van der Waals surface area contributed by atoms with Crippen LogP contribution in [0.2, 0.25) is 5.15 Å². The lowest BCUT2D eigenvalue weighted by molar-refractivity contribution is 0.0953. The second-order valence-corrected chi connectivity index (χ2v) is 7.67. The van der Waals surface area contributed by atoms with Crippen molar-refractivity contribution in [3.63, 3.8) is 0 Å². The molecule has 0 fully saturated rings. The van der Waals surface area contributed by atoms with Gasteiger partial charge in [0, 0.05) is 31.5 Å². The number of aliphatic hydroxyl groups is 1. The second kappa shape index (κ2) is 11.3. The van der Waals surface area contributed by atoms with Crippen molar-refractivity contribution in [2.24, 2.45) is 7.05 Å². The van der Waals surface area contributed by atoms with Crippen LogP contribution in [-0.2, 0) is 11.8 Å². The van der Waals surface area contributed by atoms with Gasteiger partial charge in [-0.2, -0.15) is 0 Å². The first-order valence-corrected chi connectivity index (χ1v) is 10.7. The molecule has 12 heteroatoms. The van der Waals surface area contributed by atoms with Crippen molar-refractivity contribution >= 4 is 29.4 Å². The van der Waals surface area contributed by atoms with Crippen LogP contribution in [0.5, 0.6) is 0 Å². The van der Waals surface area contributed by atoms with Crippen LogP contribution in [-0.4, -0.2) is 55.2 Å². The molecule has 3 aromatic heterocycles. The Balaban J connectivity index is 1.67. The number of nitrogens with zero attached hydrogens (tertiary/aromatic N) is 5. The number of carbonyl (C=O) groups is 2. The van der Waals surface area contributed by atoms with E-state index in [1.54, 1.807) is 44.4 Å². The maximum Gasteiger partial charge on any atom is 0.413 e. The lowest BCUT2D eigenvalue weighted by Gasteiger charge is -2.15. The van der Waals surface area contributed by atoms with E-state index in [2.05, 4.69) is 37.5 Å². The Bertz CT molecular complexity index is 1180. The minimum absolute atomic E-state index is 0.121. The van der Waals surface area contributed by atoms with Crippen LogP contribution < -0.4 is 10.6 Å². The molecule has 0 spiro atoms. The predicted molar refractivity (Wildman–Crippen MR) is 125 cm³/mol. The Morgan fingerprint density at radius 2 is 2.09 bits per heavy atom. The number of pyridine rings is 2. The number of aromatic nitrogens is 5. The SMILES string of the molecule is C=C(CO)CCNC(=O)c1ccc(-c2nnn(C)c2NC(=O)O[C@H](C)c2cccnc2Cl)nc1. The molecule has 11 nitrogen and oxygen atoms in total. The summed E-state index contributed by atoms with van der Waals surface area (Å²) < 4.78 is 6.78. The maximum atomic E-state index is 12.5. The molecule has 0 bridgehead atoms. The largest absolute Gasteiger partial charge is 0.441 e. The summed E-state index contributed by atoms with van der Waals surface area (Å²) in [5.41, 5.74) is 2.25. The summed E-state index contributed by atoms with van der Waals surface area (Å²) in [6.45, 7) is 5.58. The van der Waals surface area contributed by atoms with E-state index in [9.17, 15) is 9.59 Å². The molecule has 2 amide bonds. The Morgan fingerprint density at radius 3 is 2.76 bits per heavy atom. The molecule has 0 aliphatic rings. The van der Waals surface area contributed by atoms with Crippen molar-refractivity contribution in [2.75, 3.05) is 18.5 Å². The van der Waals surface area contributed by atoms with Crippen LogP contribution in [0.15, 0.2) is 48.8 Å². The third-order valence-electron chi connectivity index (χ3n) is 4.81. The smallest absolute Gasteiger partial charge is 0.413 e. The molecule has 34 heavy (non-hydrogen) atoms. The van der Waals surface area contributed by atoms with Gasteiger partial charge in [-0.15, -0.1) is 5.10 Å². The third kappa shape index (κ3) is 6.15. The number of anilines is 1. The lowest BCUT2D eigenvalue weighted by atomic mass is 10.2. The minimum atomic E-state index is -0.737. The number of ether oxygens (including phenoxy) is 1.